The lowest BCUT2D eigenvalue weighted by Gasteiger charge is -2.29. The standard InChI is InChI=1S/C45H62ClN5O10/c1-24(2)19-35-43(56)59-33(26(5)38-39(61-38)30-16-13-28(14-17-30)22-48-40(53)27(6)50-42(55)37(47)25(3)4)11-10-12-36(52)51-32(21-29-15-18-34(58-9)31(46)20-29)41(54)49-23-45(7,8)44(57)60-35/h10,12-18,20,24-27,32-33,35,37-39H,11,19,21-23,47H2,1-9H3,(H,48,53)(H,49,54)(H,50,55)(H,51,52)/b12-10+/t26-,27-,32?,33-,35-,37-,38+,39+/m0/s1. The minimum Gasteiger partial charge on any atom is -0.495 e. The molecule has 16 heteroatoms. The number of carbonyl (C=O) groups excluding carboxylic acids is 6. The third kappa shape index (κ3) is 14.0. The summed E-state index contributed by atoms with van der Waals surface area (Å²) < 4.78 is 23.3. The number of amides is 4. The van der Waals surface area contributed by atoms with Gasteiger partial charge in [0, 0.05) is 31.8 Å². The zero-order chi connectivity index (χ0) is 45.2. The van der Waals surface area contributed by atoms with Crippen LogP contribution in [0.1, 0.15) is 91.0 Å². The molecule has 6 N–H and O–H groups in total. The molecule has 0 radical (unpaired) electrons. The molecular formula is C45H62ClN5O10. The lowest BCUT2D eigenvalue weighted by molar-refractivity contribution is -0.179. The molecule has 0 spiro atoms. The van der Waals surface area contributed by atoms with Gasteiger partial charge < -0.3 is 45.9 Å². The zero-order valence-corrected chi connectivity index (χ0v) is 37.3. The minimum atomic E-state index is -1.25. The Balaban J connectivity index is 1.49. The van der Waals surface area contributed by atoms with Crippen molar-refractivity contribution >= 4 is 47.2 Å². The van der Waals surface area contributed by atoms with Crippen molar-refractivity contribution in [1.82, 2.24) is 21.3 Å². The highest BCUT2D eigenvalue weighted by molar-refractivity contribution is 6.32. The Labute approximate surface area is 363 Å². The van der Waals surface area contributed by atoms with Gasteiger partial charge in [0.15, 0.2) is 6.10 Å². The van der Waals surface area contributed by atoms with E-state index in [0.717, 1.165) is 11.1 Å². The van der Waals surface area contributed by atoms with Gasteiger partial charge in [-0.15, -0.1) is 0 Å². The van der Waals surface area contributed by atoms with Gasteiger partial charge in [0.25, 0.3) is 0 Å². The van der Waals surface area contributed by atoms with Crippen LogP contribution in [0.2, 0.25) is 5.02 Å². The zero-order valence-electron chi connectivity index (χ0n) is 36.5. The van der Waals surface area contributed by atoms with E-state index >= 15 is 0 Å². The van der Waals surface area contributed by atoms with Crippen LogP contribution in [-0.2, 0) is 55.9 Å². The third-order valence-corrected chi connectivity index (χ3v) is 11.1. The predicted octanol–water partition coefficient (Wildman–Crippen LogP) is 4.23. The summed E-state index contributed by atoms with van der Waals surface area (Å²) >= 11 is 6.35. The molecule has 15 nitrogen and oxygen atoms in total. The van der Waals surface area contributed by atoms with Crippen LogP contribution < -0.4 is 31.7 Å². The molecule has 8 atom stereocenters. The number of ether oxygens (including phenoxy) is 4. The molecule has 61 heavy (non-hydrogen) atoms. The number of hydrogen-bond acceptors (Lipinski definition) is 11. The molecule has 0 aliphatic carbocycles. The van der Waals surface area contributed by atoms with Gasteiger partial charge in [-0.25, -0.2) is 4.79 Å². The van der Waals surface area contributed by atoms with Gasteiger partial charge in [0.05, 0.1) is 29.7 Å². The number of methoxy groups -OCH3 is 1. The van der Waals surface area contributed by atoms with Crippen LogP contribution in [0.25, 0.3) is 0 Å². The lowest BCUT2D eigenvalue weighted by atomic mass is 9.92. The highest BCUT2D eigenvalue weighted by Gasteiger charge is 2.48. The van der Waals surface area contributed by atoms with E-state index < -0.39 is 59.5 Å². The van der Waals surface area contributed by atoms with Crippen molar-refractivity contribution in [2.75, 3.05) is 13.7 Å². The number of benzene rings is 2. The Hall–Kier alpha value is -4.99. The summed E-state index contributed by atoms with van der Waals surface area (Å²) in [5.74, 6) is -3.24. The fourth-order valence-corrected chi connectivity index (χ4v) is 6.95. The van der Waals surface area contributed by atoms with E-state index in [9.17, 15) is 28.8 Å². The third-order valence-electron chi connectivity index (χ3n) is 10.8. The summed E-state index contributed by atoms with van der Waals surface area (Å²) in [5.41, 5.74) is 7.02. The largest absolute Gasteiger partial charge is 0.495 e. The first-order valence-electron chi connectivity index (χ1n) is 20.8. The first-order valence-corrected chi connectivity index (χ1v) is 21.1. The van der Waals surface area contributed by atoms with E-state index in [1.807, 2.05) is 58.9 Å². The van der Waals surface area contributed by atoms with Crippen LogP contribution in [0.5, 0.6) is 5.75 Å². The van der Waals surface area contributed by atoms with Gasteiger partial charge in [-0.2, -0.15) is 0 Å². The molecule has 2 heterocycles. The average Bonchev–Trinajstić information content (AvgIpc) is 4.01. The molecule has 4 amide bonds. The number of esters is 2. The Morgan fingerprint density at radius 2 is 1.64 bits per heavy atom. The summed E-state index contributed by atoms with van der Waals surface area (Å²) in [6.45, 7) is 14.2. The number of hydrogen-bond donors (Lipinski definition) is 5. The van der Waals surface area contributed by atoms with Crippen LogP contribution in [0, 0.1) is 23.2 Å². The molecular weight excluding hydrogens is 806 g/mol. The smallest absolute Gasteiger partial charge is 0.347 e. The SMILES string of the molecule is COc1ccc(CC2NC(=O)/C=C/C[C@@H]([C@H](C)[C@H]3O[C@@H]3c3ccc(CNC(=O)[C@H](C)NC(=O)[C@@H](N)C(C)C)cc3)OC(=O)[C@H](CC(C)C)OC(=O)C(C)(C)CNC2=O)cc1Cl. The van der Waals surface area contributed by atoms with Gasteiger partial charge in [0.1, 0.15) is 30.0 Å². The van der Waals surface area contributed by atoms with Crippen molar-refractivity contribution in [3.05, 3.63) is 76.3 Å². The Morgan fingerprint density at radius 1 is 0.967 bits per heavy atom. The van der Waals surface area contributed by atoms with E-state index in [4.69, 9.17) is 36.3 Å². The molecule has 0 saturated carbocycles. The van der Waals surface area contributed by atoms with Gasteiger partial charge in [-0.1, -0.05) is 82.6 Å². The predicted molar refractivity (Wildman–Crippen MR) is 229 cm³/mol. The number of nitrogens with one attached hydrogen (secondary N) is 4. The van der Waals surface area contributed by atoms with Gasteiger partial charge in [-0.3, -0.25) is 24.0 Å². The maximum absolute atomic E-state index is 13.8. The van der Waals surface area contributed by atoms with Crippen molar-refractivity contribution in [1.29, 1.82) is 0 Å². The van der Waals surface area contributed by atoms with E-state index in [1.165, 1.54) is 13.2 Å². The fraction of sp³-hybridized carbons (Fsp3) is 0.556. The number of epoxide rings is 1. The van der Waals surface area contributed by atoms with E-state index in [0.29, 0.717) is 16.3 Å². The van der Waals surface area contributed by atoms with E-state index in [-0.39, 0.29) is 74.1 Å². The molecule has 1 fully saturated rings. The molecule has 2 aliphatic heterocycles. The van der Waals surface area contributed by atoms with Crippen molar-refractivity contribution in [2.24, 2.45) is 28.9 Å². The molecule has 4 rings (SSSR count). The Bertz CT molecular complexity index is 1920. The number of rotatable bonds is 14. The molecule has 0 bridgehead atoms. The number of halogens is 1. The van der Waals surface area contributed by atoms with Crippen LogP contribution in [0.15, 0.2) is 54.6 Å². The van der Waals surface area contributed by atoms with Gasteiger partial charge >= 0.3 is 11.9 Å². The average molecular weight is 868 g/mol. The second-order valence-electron chi connectivity index (χ2n) is 17.3. The summed E-state index contributed by atoms with van der Waals surface area (Å²) in [6, 6.07) is 10.1. The summed E-state index contributed by atoms with van der Waals surface area (Å²) in [5, 5.41) is 11.4. The second-order valence-corrected chi connectivity index (χ2v) is 17.7. The fourth-order valence-electron chi connectivity index (χ4n) is 6.67. The van der Waals surface area contributed by atoms with Crippen molar-refractivity contribution in [3.8, 4) is 5.75 Å². The highest BCUT2D eigenvalue weighted by atomic mass is 35.5. The molecule has 1 saturated heterocycles. The molecule has 2 aliphatic rings. The number of cyclic esters (lactones) is 2. The van der Waals surface area contributed by atoms with Crippen LogP contribution in [0.4, 0.5) is 0 Å². The van der Waals surface area contributed by atoms with Gasteiger partial charge in [-0.05, 0) is 73.9 Å². The summed E-state index contributed by atoms with van der Waals surface area (Å²) in [6.07, 6.45) is 0.617. The monoisotopic (exact) mass is 867 g/mol. The van der Waals surface area contributed by atoms with Crippen LogP contribution in [-0.4, -0.2) is 85.7 Å². The van der Waals surface area contributed by atoms with Crippen LogP contribution >= 0.6 is 11.6 Å². The minimum absolute atomic E-state index is 0.0317. The summed E-state index contributed by atoms with van der Waals surface area (Å²) in [4.78, 5) is 79.3. The van der Waals surface area contributed by atoms with Crippen molar-refractivity contribution in [2.45, 2.75) is 124 Å². The number of carbonyl (C=O) groups is 6. The van der Waals surface area contributed by atoms with E-state index in [1.54, 1.807) is 45.0 Å². The second kappa shape index (κ2) is 21.7. The Kier molecular flexibility index (Phi) is 17.3. The van der Waals surface area contributed by atoms with Crippen LogP contribution in [0.3, 0.4) is 0 Å². The van der Waals surface area contributed by atoms with Crippen molar-refractivity contribution < 1.29 is 47.7 Å². The first-order chi connectivity index (χ1) is 28.7. The van der Waals surface area contributed by atoms with Crippen molar-refractivity contribution in [3.63, 3.8) is 0 Å². The molecule has 2 aromatic carbocycles. The topological polar surface area (TPSA) is 217 Å². The molecule has 334 valence electrons. The van der Waals surface area contributed by atoms with E-state index in [2.05, 4.69) is 21.3 Å². The first kappa shape index (κ1) is 48.7. The summed E-state index contributed by atoms with van der Waals surface area (Å²) in [7, 11) is 1.49. The molecule has 0 aromatic heterocycles. The quantitative estimate of drug-likeness (QED) is 0.134. The lowest BCUT2D eigenvalue weighted by Crippen LogP contribution is -2.51. The van der Waals surface area contributed by atoms with Gasteiger partial charge in [0.2, 0.25) is 23.6 Å². The maximum Gasteiger partial charge on any atom is 0.347 e. The normalized spacial score (nSPS) is 24.3. The molecule has 1 unspecified atom stereocenters. The Morgan fingerprint density at radius 3 is 2.26 bits per heavy atom. The highest BCUT2D eigenvalue weighted by Crippen LogP contribution is 2.45. The molecule has 2 aromatic rings. The maximum atomic E-state index is 13.8. The number of nitrogens with two attached hydrogens (primary N) is 1.